The normalized spacial score (nSPS) is 10.4. The Morgan fingerprint density at radius 2 is 1.94 bits per heavy atom. The minimum Gasteiger partial charge on any atom is -0.493 e. The number of ether oxygens (including phenoxy) is 2. The van der Waals surface area contributed by atoms with Crippen LogP contribution < -0.4 is 15.2 Å². The van der Waals surface area contributed by atoms with E-state index in [9.17, 15) is 0 Å². The topological polar surface area (TPSA) is 70.5 Å². The molecule has 0 bridgehead atoms. The van der Waals surface area contributed by atoms with Crippen molar-refractivity contribution in [1.29, 1.82) is 0 Å². The minimum atomic E-state index is 0.310. The maximum atomic E-state index is 5.64. The number of hydrogen-bond acceptors (Lipinski definition) is 5. The monoisotopic (exact) mass is 248 g/mol. The van der Waals surface area contributed by atoms with E-state index in [-0.39, 0.29) is 0 Å². The first kappa shape index (κ1) is 12.4. The van der Waals surface area contributed by atoms with Crippen molar-refractivity contribution in [2.75, 3.05) is 14.2 Å². The number of aryl methyl sites for hydroxylation is 1. The van der Waals surface area contributed by atoms with Gasteiger partial charge >= 0.3 is 0 Å². The molecule has 2 N–H and O–H groups in total. The summed E-state index contributed by atoms with van der Waals surface area (Å²) in [7, 11) is 3.20. The van der Waals surface area contributed by atoms with E-state index in [1.807, 2.05) is 18.2 Å². The maximum absolute atomic E-state index is 5.64. The van der Waals surface area contributed by atoms with Crippen LogP contribution in [-0.4, -0.2) is 19.2 Å². The van der Waals surface area contributed by atoms with Crippen molar-refractivity contribution in [3.8, 4) is 22.8 Å². The molecule has 2 rings (SSSR count). The van der Waals surface area contributed by atoms with Gasteiger partial charge in [0.25, 0.3) is 0 Å². The van der Waals surface area contributed by atoms with Crippen molar-refractivity contribution in [3.05, 3.63) is 29.9 Å². The van der Waals surface area contributed by atoms with Gasteiger partial charge in [-0.05, 0) is 18.2 Å². The lowest BCUT2D eigenvalue weighted by atomic mass is 10.1. The van der Waals surface area contributed by atoms with Gasteiger partial charge in [0, 0.05) is 12.5 Å². The van der Waals surface area contributed by atoms with Crippen LogP contribution in [0.2, 0.25) is 0 Å². The maximum Gasteiger partial charge on any atom is 0.191 e. The number of aromatic nitrogens is 1. The van der Waals surface area contributed by atoms with Crippen LogP contribution in [0.5, 0.6) is 11.5 Å². The molecule has 2 aromatic rings. The zero-order valence-corrected chi connectivity index (χ0v) is 10.7. The summed E-state index contributed by atoms with van der Waals surface area (Å²) >= 11 is 0. The van der Waals surface area contributed by atoms with Gasteiger partial charge in [-0.15, -0.1) is 0 Å². The van der Waals surface area contributed by atoms with E-state index in [2.05, 4.69) is 4.98 Å². The Morgan fingerprint density at radius 3 is 2.56 bits per heavy atom. The molecule has 18 heavy (non-hydrogen) atoms. The Labute approximate surface area is 106 Å². The Balaban J connectivity index is 2.50. The van der Waals surface area contributed by atoms with Crippen molar-refractivity contribution >= 4 is 0 Å². The molecule has 0 aliphatic rings. The number of methoxy groups -OCH3 is 2. The van der Waals surface area contributed by atoms with Crippen molar-refractivity contribution in [2.45, 2.75) is 13.5 Å². The molecule has 0 saturated heterocycles. The fraction of sp³-hybridized carbons (Fsp3) is 0.308. The third kappa shape index (κ3) is 2.17. The smallest absolute Gasteiger partial charge is 0.191 e. The highest BCUT2D eigenvalue weighted by Crippen LogP contribution is 2.33. The van der Waals surface area contributed by atoms with Gasteiger partial charge in [-0.3, -0.25) is 0 Å². The van der Waals surface area contributed by atoms with Crippen LogP contribution in [0, 0.1) is 6.92 Å². The van der Waals surface area contributed by atoms with Gasteiger partial charge in [0.05, 0.1) is 20.8 Å². The summed E-state index contributed by atoms with van der Waals surface area (Å²) in [6.07, 6.45) is 0. The highest BCUT2D eigenvalue weighted by Gasteiger charge is 2.14. The molecule has 96 valence electrons. The molecule has 1 aromatic carbocycles. The van der Waals surface area contributed by atoms with E-state index >= 15 is 0 Å². The lowest BCUT2D eigenvalue weighted by Crippen LogP contribution is -1.97. The van der Waals surface area contributed by atoms with Crippen molar-refractivity contribution in [2.24, 2.45) is 5.73 Å². The second-order valence-corrected chi connectivity index (χ2v) is 3.78. The largest absolute Gasteiger partial charge is 0.493 e. The highest BCUT2D eigenvalue weighted by atomic mass is 16.5. The van der Waals surface area contributed by atoms with Gasteiger partial charge in [0.2, 0.25) is 0 Å². The van der Waals surface area contributed by atoms with Crippen LogP contribution in [0.15, 0.2) is 22.6 Å². The van der Waals surface area contributed by atoms with Gasteiger partial charge in [0.15, 0.2) is 17.4 Å². The van der Waals surface area contributed by atoms with E-state index in [1.165, 1.54) is 0 Å². The Bertz CT molecular complexity index is 549. The van der Waals surface area contributed by atoms with E-state index in [0.29, 0.717) is 29.7 Å². The average molecular weight is 248 g/mol. The lowest BCUT2D eigenvalue weighted by molar-refractivity contribution is 0.355. The minimum absolute atomic E-state index is 0.310. The van der Waals surface area contributed by atoms with Crippen molar-refractivity contribution in [3.63, 3.8) is 0 Å². The summed E-state index contributed by atoms with van der Waals surface area (Å²) in [5, 5.41) is 0. The van der Waals surface area contributed by atoms with Gasteiger partial charge in [-0.25, -0.2) is 4.98 Å². The second-order valence-electron chi connectivity index (χ2n) is 3.78. The fourth-order valence-electron chi connectivity index (χ4n) is 1.82. The van der Waals surface area contributed by atoms with Crippen LogP contribution in [0.3, 0.4) is 0 Å². The summed E-state index contributed by atoms with van der Waals surface area (Å²) in [5.41, 5.74) is 7.28. The zero-order chi connectivity index (χ0) is 13.1. The molecular weight excluding hydrogens is 232 g/mol. The number of nitrogens with zero attached hydrogens (tertiary/aromatic N) is 1. The summed E-state index contributed by atoms with van der Waals surface area (Å²) in [5.74, 6) is 2.59. The van der Waals surface area contributed by atoms with Crippen LogP contribution in [-0.2, 0) is 6.54 Å². The Morgan fingerprint density at radius 1 is 1.22 bits per heavy atom. The molecule has 0 unspecified atom stereocenters. The van der Waals surface area contributed by atoms with E-state index < -0.39 is 0 Å². The quantitative estimate of drug-likeness (QED) is 0.897. The summed E-state index contributed by atoms with van der Waals surface area (Å²) in [4.78, 5) is 4.34. The molecule has 0 fully saturated rings. The number of hydrogen-bond donors (Lipinski definition) is 1. The molecule has 0 radical (unpaired) electrons. The van der Waals surface area contributed by atoms with Crippen molar-refractivity contribution < 1.29 is 13.9 Å². The van der Waals surface area contributed by atoms with E-state index in [4.69, 9.17) is 19.6 Å². The molecular formula is C13H16N2O3. The molecule has 1 heterocycles. The third-order valence-corrected chi connectivity index (χ3v) is 2.65. The summed E-state index contributed by atoms with van der Waals surface area (Å²) in [6.45, 7) is 2.11. The van der Waals surface area contributed by atoms with Gasteiger partial charge in [-0.1, -0.05) is 0 Å². The molecule has 5 nitrogen and oxygen atoms in total. The predicted molar refractivity (Wildman–Crippen MR) is 67.7 cm³/mol. The first-order chi connectivity index (χ1) is 8.69. The van der Waals surface area contributed by atoms with Gasteiger partial charge < -0.3 is 19.6 Å². The summed E-state index contributed by atoms with van der Waals surface area (Å²) in [6, 6.07) is 5.59. The Kier molecular flexibility index (Phi) is 3.53. The SMILES string of the molecule is COc1ccc(-c2nc(C)oc2CN)cc1OC. The van der Waals surface area contributed by atoms with Gasteiger partial charge in [-0.2, -0.15) is 0 Å². The standard InChI is InChI=1S/C13H16N2O3/c1-8-15-13(12(7-14)18-8)9-4-5-10(16-2)11(6-9)17-3/h4-6H,7,14H2,1-3H3. The van der Waals surface area contributed by atoms with E-state index in [0.717, 1.165) is 11.3 Å². The molecule has 0 saturated carbocycles. The second kappa shape index (κ2) is 5.10. The number of nitrogens with two attached hydrogens (primary N) is 1. The predicted octanol–water partition coefficient (Wildman–Crippen LogP) is 2.13. The molecule has 0 atom stereocenters. The van der Waals surface area contributed by atoms with Crippen LogP contribution >= 0.6 is 0 Å². The lowest BCUT2D eigenvalue weighted by Gasteiger charge is -2.08. The van der Waals surface area contributed by atoms with Gasteiger partial charge in [0.1, 0.15) is 11.5 Å². The number of benzene rings is 1. The zero-order valence-electron chi connectivity index (χ0n) is 10.7. The first-order valence-electron chi connectivity index (χ1n) is 5.58. The van der Waals surface area contributed by atoms with Crippen LogP contribution in [0.1, 0.15) is 11.7 Å². The van der Waals surface area contributed by atoms with E-state index in [1.54, 1.807) is 21.1 Å². The molecule has 0 aliphatic heterocycles. The fourth-order valence-corrected chi connectivity index (χ4v) is 1.82. The molecule has 0 amide bonds. The summed E-state index contributed by atoms with van der Waals surface area (Å²) < 4.78 is 15.9. The highest BCUT2D eigenvalue weighted by molar-refractivity contribution is 5.65. The molecule has 5 heteroatoms. The van der Waals surface area contributed by atoms with Crippen LogP contribution in [0.4, 0.5) is 0 Å². The van der Waals surface area contributed by atoms with Crippen molar-refractivity contribution in [1.82, 2.24) is 4.98 Å². The average Bonchev–Trinajstić information content (AvgIpc) is 2.79. The molecule has 0 aliphatic carbocycles. The Hall–Kier alpha value is -2.01. The molecule has 1 aromatic heterocycles. The molecule has 0 spiro atoms. The van der Waals surface area contributed by atoms with Crippen LogP contribution in [0.25, 0.3) is 11.3 Å². The first-order valence-corrected chi connectivity index (χ1v) is 5.58. The number of rotatable bonds is 4. The third-order valence-electron chi connectivity index (χ3n) is 2.65. The number of oxazole rings is 1.